The average Bonchev–Trinajstić information content (AvgIpc) is 3.27. The molecule has 0 radical (unpaired) electrons. The molecule has 0 aliphatic carbocycles. The Labute approximate surface area is 155 Å². The Morgan fingerprint density at radius 1 is 1.22 bits per heavy atom. The van der Waals surface area contributed by atoms with E-state index in [1.807, 2.05) is 31.3 Å². The topological polar surface area (TPSA) is 75.4 Å². The van der Waals surface area contributed by atoms with E-state index in [1.54, 1.807) is 6.07 Å². The molecule has 4 rings (SSSR count). The molecule has 27 heavy (non-hydrogen) atoms. The second-order valence-electron chi connectivity index (χ2n) is 6.49. The van der Waals surface area contributed by atoms with E-state index >= 15 is 0 Å². The Balaban J connectivity index is 1.31. The van der Waals surface area contributed by atoms with Crippen LogP contribution in [-0.4, -0.2) is 24.4 Å². The summed E-state index contributed by atoms with van der Waals surface area (Å²) in [7, 11) is 0. The van der Waals surface area contributed by atoms with Crippen molar-refractivity contribution in [2.75, 3.05) is 13.3 Å². The van der Waals surface area contributed by atoms with Crippen molar-refractivity contribution in [2.45, 2.75) is 19.4 Å². The number of ether oxygens (including phenoxy) is 2. The van der Waals surface area contributed by atoms with Gasteiger partial charge in [0.25, 0.3) is 0 Å². The number of benzene rings is 2. The third kappa shape index (κ3) is 3.67. The first-order chi connectivity index (χ1) is 13.1. The van der Waals surface area contributed by atoms with Gasteiger partial charge >= 0.3 is 6.03 Å². The predicted molar refractivity (Wildman–Crippen MR) is 99.5 cm³/mol. The molecule has 3 N–H and O–H groups in total. The summed E-state index contributed by atoms with van der Waals surface area (Å²) in [5.74, 6) is 1.13. The van der Waals surface area contributed by atoms with E-state index in [-0.39, 0.29) is 24.7 Å². The number of halogens is 1. The molecular formula is C20H20FN3O3. The number of aromatic amines is 1. The van der Waals surface area contributed by atoms with Crippen molar-refractivity contribution >= 4 is 16.9 Å². The Kier molecular flexibility index (Phi) is 4.58. The fourth-order valence-electron chi connectivity index (χ4n) is 3.18. The molecule has 2 aromatic carbocycles. The van der Waals surface area contributed by atoms with Crippen molar-refractivity contribution < 1.29 is 18.7 Å². The molecule has 2 heterocycles. The quantitative estimate of drug-likeness (QED) is 0.643. The lowest BCUT2D eigenvalue weighted by atomic mass is 10.1. The van der Waals surface area contributed by atoms with Crippen LogP contribution in [0.5, 0.6) is 11.5 Å². The van der Waals surface area contributed by atoms with Crippen molar-refractivity contribution in [1.82, 2.24) is 15.6 Å². The smallest absolute Gasteiger partial charge is 0.315 e. The van der Waals surface area contributed by atoms with Crippen LogP contribution < -0.4 is 20.1 Å². The van der Waals surface area contributed by atoms with Crippen LogP contribution in [0.1, 0.15) is 24.1 Å². The van der Waals surface area contributed by atoms with Crippen molar-refractivity contribution in [3.05, 3.63) is 59.5 Å². The first kappa shape index (κ1) is 17.2. The fourth-order valence-corrected chi connectivity index (χ4v) is 3.18. The summed E-state index contributed by atoms with van der Waals surface area (Å²) in [5.41, 5.74) is 2.78. The van der Waals surface area contributed by atoms with Gasteiger partial charge in [0.05, 0.1) is 6.04 Å². The van der Waals surface area contributed by atoms with Gasteiger partial charge in [0, 0.05) is 23.6 Å². The molecular weight excluding hydrogens is 349 g/mol. The number of hydrogen-bond donors (Lipinski definition) is 3. The monoisotopic (exact) mass is 369 g/mol. The molecule has 1 unspecified atom stereocenters. The van der Waals surface area contributed by atoms with Crippen molar-refractivity contribution in [3.63, 3.8) is 0 Å². The molecule has 0 fully saturated rings. The molecule has 1 aromatic heterocycles. The van der Waals surface area contributed by atoms with Gasteiger partial charge in [0.1, 0.15) is 5.82 Å². The first-order valence-corrected chi connectivity index (χ1v) is 8.79. The van der Waals surface area contributed by atoms with E-state index in [2.05, 4.69) is 15.6 Å². The van der Waals surface area contributed by atoms with Crippen LogP contribution in [0.4, 0.5) is 9.18 Å². The van der Waals surface area contributed by atoms with Crippen LogP contribution in [0, 0.1) is 5.82 Å². The second kappa shape index (κ2) is 7.19. The lowest BCUT2D eigenvalue weighted by Crippen LogP contribution is -2.38. The predicted octanol–water partition coefficient (Wildman–Crippen LogP) is 3.64. The molecule has 7 heteroatoms. The normalized spacial score (nSPS) is 13.6. The summed E-state index contributed by atoms with van der Waals surface area (Å²) in [6, 6.07) is 9.81. The molecule has 2 amide bonds. The molecule has 140 valence electrons. The fraction of sp³-hybridized carbons (Fsp3) is 0.250. The summed E-state index contributed by atoms with van der Waals surface area (Å²) >= 11 is 0. The number of hydrogen-bond acceptors (Lipinski definition) is 3. The Morgan fingerprint density at radius 3 is 2.96 bits per heavy atom. The van der Waals surface area contributed by atoms with E-state index in [0.717, 1.165) is 22.0 Å². The largest absolute Gasteiger partial charge is 0.454 e. The number of carbonyl (C=O) groups excluding carboxylic acids is 1. The highest BCUT2D eigenvalue weighted by Crippen LogP contribution is 2.34. The van der Waals surface area contributed by atoms with E-state index in [9.17, 15) is 9.18 Å². The maximum Gasteiger partial charge on any atom is 0.315 e. The summed E-state index contributed by atoms with van der Waals surface area (Å²) in [6.45, 7) is 2.57. The zero-order chi connectivity index (χ0) is 18.8. The van der Waals surface area contributed by atoms with Gasteiger partial charge in [-0.3, -0.25) is 0 Å². The second-order valence-corrected chi connectivity index (χ2v) is 6.49. The summed E-state index contributed by atoms with van der Waals surface area (Å²) in [4.78, 5) is 15.3. The van der Waals surface area contributed by atoms with Crippen molar-refractivity contribution in [1.29, 1.82) is 0 Å². The number of fused-ring (bicyclic) bond motifs is 2. The van der Waals surface area contributed by atoms with E-state index in [0.29, 0.717) is 24.5 Å². The van der Waals surface area contributed by atoms with Gasteiger partial charge in [-0.05, 0) is 54.8 Å². The van der Waals surface area contributed by atoms with Crippen LogP contribution in [0.3, 0.4) is 0 Å². The Hall–Kier alpha value is -3.22. The Bertz CT molecular complexity index is 986. The minimum absolute atomic E-state index is 0.179. The van der Waals surface area contributed by atoms with Gasteiger partial charge in [-0.15, -0.1) is 0 Å². The molecule has 0 saturated carbocycles. The highest BCUT2D eigenvalue weighted by molar-refractivity contribution is 5.83. The van der Waals surface area contributed by atoms with E-state index in [1.165, 1.54) is 12.1 Å². The Morgan fingerprint density at radius 2 is 2.07 bits per heavy atom. The number of rotatable bonds is 5. The molecule has 0 saturated heterocycles. The molecule has 0 spiro atoms. The summed E-state index contributed by atoms with van der Waals surface area (Å²) in [6.07, 6.45) is 2.45. The molecule has 0 bridgehead atoms. The zero-order valence-corrected chi connectivity index (χ0v) is 14.8. The number of amides is 2. The summed E-state index contributed by atoms with van der Waals surface area (Å²) in [5, 5.41) is 6.58. The molecule has 1 atom stereocenters. The van der Waals surface area contributed by atoms with Gasteiger partial charge < -0.3 is 25.1 Å². The van der Waals surface area contributed by atoms with E-state index in [4.69, 9.17) is 9.47 Å². The maximum absolute atomic E-state index is 13.4. The van der Waals surface area contributed by atoms with Crippen LogP contribution >= 0.6 is 0 Å². The number of aromatic nitrogens is 1. The minimum Gasteiger partial charge on any atom is -0.454 e. The third-order valence-electron chi connectivity index (χ3n) is 4.65. The highest BCUT2D eigenvalue weighted by atomic mass is 19.1. The lowest BCUT2D eigenvalue weighted by molar-refractivity contribution is 0.174. The van der Waals surface area contributed by atoms with Crippen LogP contribution in [-0.2, 0) is 6.42 Å². The maximum atomic E-state index is 13.4. The van der Waals surface area contributed by atoms with Crippen LogP contribution in [0.25, 0.3) is 10.9 Å². The molecule has 3 aromatic rings. The van der Waals surface area contributed by atoms with Crippen LogP contribution in [0.2, 0.25) is 0 Å². The van der Waals surface area contributed by atoms with Crippen molar-refractivity contribution in [2.24, 2.45) is 0 Å². The van der Waals surface area contributed by atoms with Gasteiger partial charge in [0.2, 0.25) is 6.79 Å². The number of H-pyrrole nitrogens is 1. The average molecular weight is 369 g/mol. The number of carbonyl (C=O) groups is 1. The highest BCUT2D eigenvalue weighted by Gasteiger charge is 2.16. The van der Waals surface area contributed by atoms with Gasteiger partial charge in [-0.1, -0.05) is 6.07 Å². The minimum atomic E-state index is -0.272. The third-order valence-corrected chi connectivity index (χ3v) is 4.65. The van der Waals surface area contributed by atoms with Gasteiger partial charge in [0.15, 0.2) is 11.5 Å². The SMILES string of the molecule is CC(NC(=O)NCCc1c[nH]c2ccc(F)cc12)c1ccc2c(c1)OCO2. The standard InChI is InChI=1S/C20H20FN3O3/c1-12(13-2-5-18-19(8-13)27-11-26-18)24-20(25)22-7-6-14-10-23-17-4-3-15(21)9-16(14)17/h2-5,8-10,12,23H,6-7,11H2,1H3,(H2,22,24,25). The molecule has 1 aliphatic rings. The van der Waals surface area contributed by atoms with Gasteiger partial charge in [-0.25, -0.2) is 9.18 Å². The molecule has 1 aliphatic heterocycles. The number of nitrogens with one attached hydrogen (secondary N) is 3. The molecule has 6 nitrogen and oxygen atoms in total. The van der Waals surface area contributed by atoms with Crippen LogP contribution in [0.15, 0.2) is 42.6 Å². The summed E-state index contributed by atoms with van der Waals surface area (Å²) < 4.78 is 24.1. The van der Waals surface area contributed by atoms with Gasteiger partial charge in [-0.2, -0.15) is 0 Å². The van der Waals surface area contributed by atoms with Crippen molar-refractivity contribution in [3.8, 4) is 11.5 Å². The lowest BCUT2D eigenvalue weighted by Gasteiger charge is -2.15. The first-order valence-electron chi connectivity index (χ1n) is 8.79. The van der Waals surface area contributed by atoms with E-state index < -0.39 is 0 Å². The zero-order valence-electron chi connectivity index (χ0n) is 14.8. The number of urea groups is 1.